The van der Waals surface area contributed by atoms with E-state index in [2.05, 4.69) is 463 Å². The highest BCUT2D eigenvalue weighted by atomic mass is 32.1. The summed E-state index contributed by atoms with van der Waals surface area (Å²) in [6, 6.07) is 159. The molecule has 0 saturated carbocycles. The Hall–Kier alpha value is -17.9. The van der Waals surface area contributed by atoms with Crippen molar-refractivity contribution in [3.05, 3.63) is 460 Å². The Bertz CT molecular complexity index is 10500. The minimum Gasteiger partial charge on any atom is -0.454 e. The van der Waals surface area contributed by atoms with Gasteiger partial charge >= 0.3 is 0 Å². The van der Waals surface area contributed by atoms with E-state index in [9.17, 15) is 0 Å². The number of rotatable bonds is 10. The van der Waals surface area contributed by atoms with Gasteiger partial charge in [0.2, 0.25) is 0 Å². The van der Waals surface area contributed by atoms with Gasteiger partial charge in [0.1, 0.15) is 20.1 Å². The maximum atomic E-state index is 6.62. The van der Waals surface area contributed by atoms with Crippen molar-refractivity contribution < 1.29 is 4.42 Å². The summed E-state index contributed by atoms with van der Waals surface area (Å²) < 4.78 is 19.9. The molecule has 0 saturated heterocycles. The average Bonchev–Trinajstić information content (AvgIpc) is 1.55. The standard InChI is InChI=1S/C46H28N4S.C43H29N3S.C40H23N3OS/c1-3-14-29(15-4-1)42-41-37-22-9-12-25-40(37)51-46(41)48-45(47-42)30-16-13-19-32(28-30)50-39-24-11-8-21-34(39)36-27-26-35-33-20-7-10-23-38(33)49(43(35)44(36)50)31-17-5-2-6-18-31;1-43(2)34-20-9-6-17-29(34)31-23-24-32-30-18-7-10-21-35(30)46(40(32)38(31)43)28-16-12-15-27(25-28)41-44-39(26-13-4-3-5-14-26)37-33-19-8-11-22-36(33)47-42(37)45-41;1-2-12-24(13-3-1)36-35-30-17-7-11-21-34(30)45-40(35)42-39(41-36)29-16-5-9-19-32(29)43-31-18-8-4-14-25(31)27-22-23-28-26-15-6-10-20-33(26)44-38(28)37(27)43/h1-28H;3-25H,1-2H3;1-23H. The molecule has 30 aromatic rings. The largest absolute Gasteiger partial charge is 0.454 e. The van der Waals surface area contributed by atoms with E-state index in [1.54, 1.807) is 34.0 Å². The van der Waals surface area contributed by atoms with Crippen LogP contribution in [0.3, 0.4) is 0 Å². The first-order chi connectivity index (χ1) is 70.7. The SMILES string of the molecule is CC1(C)c2ccccc2-c2ccc3c4ccccc4n(-c4cccc(-c5nc(-c6ccccc6)c6c(n5)sc5ccccc56)c4)c3c21.c1ccc(-c2nc(-c3cccc(-n4c5ccccc5c5ccc6c7ccccc7n(-c7ccccc7)c6c54)c3)nc3sc4ccccc4c23)cc1.c1ccc(-c2nc(-c3ccccc3-n3c4ccccc4c4ccc5c6ccccc6oc5c43)nc3sc4ccccc4c23)cc1. The Morgan fingerprint density at radius 3 is 1.07 bits per heavy atom. The molecule has 19 aromatic carbocycles. The highest BCUT2D eigenvalue weighted by Crippen LogP contribution is 2.55. The van der Waals surface area contributed by atoms with Crippen molar-refractivity contribution in [1.82, 2.24) is 48.2 Å². The molecular formula is C129H80N10OS3. The van der Waals surface area contributed by atoms with E-state index in [0.717, 1.165) is 159 Å². The predicted molar refractivity (Wildman–Crippen MR) is 600 cm³/mol. The molecule has 31 rings (SSSR count). The zero-order valence-corrected chi connectivity index (χ0v) is 79.8. The Morgan fingerprint density at radius 2 is 0.573 bits per heavy atom. The van der Waals surface area contributed by atoms with Crippen LogP contribution in [0.2, 0.25) is 0 Å². The average molecular weight is 1880 g/mol. The minimum absolute atomic E-state index is 0.144. The van der Waals surface area contributed by atoms with Gasteiger partial charge in [0.15, 0.2) is 23.1 Å². The van der Waals surface area contributed by atoms with Crippen LogP contribution in [0.25, 0.3) is 272 Å². The Labute approximate surface area is 831 Å². The lowest BCUT2D eigenvalue weighted by atomic mass is 9.81. The second-order valence-corrected chi connectivity index (χ2v) is 40.4. The van der Waals surface area contributed by atoms with Gasteiger partial charge in [-0.1, -0.05) is 360 Å². The smallest absolute Gasteiger partial charge is 0.163 e. The van der Waals surface area contributed by atoms with Crippen molar-refractivity contribution in [3.8, 4) is 102 Å². The van der Waals surface area contributed by atoms with E-state index >= 15 is 0 Å². The number of benzene rings is 19. The van der Waals surface area contributed by atoms with Gasteiger partial charge in [-0.3, -0.25) is 0 Å². The second-order valence-electron chi connectivity index (χ2n) is 37.3. The fourth-order valence-corrected chi connectivity index (χ4v) is 26.0. The van der Waals surface area contributed by atoms with Crippen LogP contribution in [0.4, 0.5) is 0 Å². The maximum absolute atomic E-state index is 6.62. The van der Waals surface area contributed by atoms with E-state index in [0.29, 0.717) is 5.82 Å². The number of para-hydroxylation sites is 7. The van der Waals surface area contributed by atoms with Crippen LogP contribution in [0.5, 0.6) is 0 Å². The van der Waals surface area contributed by atoms with Gasteiger partial charge in [-0.25, -0.2) is 29.9 Å². The lowest BCUT2D eigenvalue weighted by molar-refractivity contribution is 0.664. The third kappa shape index (κ3) is 12.9. The first kappa shape index (κ1) is 82.2. The Balaban J connectivity index is 0.000000102. The predicted octanol–water partition coefficient (Wildman–Crippen LogP) is 35.1. The summed E-state index contributed by atoms with van der Waals surface area (Å²) in [5.74, 6) is 2.16. The summed E-state index contributed by atoms with van der Waals surface area (Å²) >= 11 is 5.18. The Kier molecular flexibility index (Phi) is 18.7. The first-order valence-electron chi connectivity index (χ1n) is 48.3. The van der Waals surface area contributed by atoms with Crippen LogP contribution < -0.4 is 0 Å². The molecule has 0 aliphatic heterocycles. The third-order valence-corrected chi connectivity index (χ3v) is 32.2. The fraction of sp³-hybridized carbons (Fsp3) is 0.0233. The molecule has 670 valence electrons. The fourth-order valence-electron chi connectivity index (χ4n) is 22.8. The van der Waals surface area contributed by atoms with Crippen molar-refractivity contribution >= 4 is 204 Å². The number of aromatic nitrogens is 10. The zero-order chi connectivity index (χ0) is 94.2. The summed E-state index contributed by atoms with van der Waals surface area (Å²) in [4.78, 5) is 34.7. The summed E-state index contributed by atoms with van der Waals surface area (Å²) in [6.45, 7) is 4.74. The van der Waals surface area contributed by atoms with Crippen molar-refractivity contribution in [2.45, 2.75) is 19.3 Å². The van der Waals surface area contributed by atoms with Crippen LogP contribution in [0.1, 0.15) is 25.0 Å². The monoisotopic (exact) mass is 1880 g/mol. The van der Waals surface area contributed by atoms with Gasteiger partial charge in [0.25, 0.3) is 0 Å². The van der Waals surface area contributed by atoms with Gasteiger partial charge in [0.05, 0.1) is 66.9 Å². The lowest BCUT2D eigenvalue weighted by Gasteiger charge is -2.23. The molecule has 1 aliphatic rings. The lowest BCUT2D eigenvalue weighted by Crippen LogP contribution is -2.16. The summed E-state index contributed by atoms with van der Waals surface area (Å²) in [6.07, 6.45) is 0. The van der Waals surface area contributed by atoms with Gasteiger partial charge in [-0.05, 0) is 125 Å². The van der Waals surface area contributed by atoms with Gasteiger partial charge < -0.3 is 22.7 Å². The van der Waals surface area contributed by atoms with E-state index in [1.807, 2.05) is 18.2 Å². The molecule has 11 nitrogen and oxygen atoms in total. The number of furan rings is 1. The number of nitrogens with zero attached hydrogens (tertiary/aromatic N) is 10. The van der Waals surface area contributed by atoms with Crippen molar-refractivity contribution in [3.63, 3.8) is 0 Å². The van der Waals surface area contributed by atoms with Crippen LogP contribution >= 0.6 is 34.0 Å². The number of hydrogen-bond acceptors (Lipinski definition) is 10. The molecule has 0 spiro atoms. The van der Waals surface area contributed by atoms with Crippen molar-refractivity contribution in [1.29, 1.82) is 0 Å². The normalized spacial score (nSPS) is 12.5. The molecule has 0 amide bonds. The molecule has 0 unspecified atom stereocenters. The van der Waals surface area contributed by atoms with E-state index in [4.69, 9.17) is 34.3 Å². The van der Waals surface area contributed by atoms with Crippen LogP contribution in [0, 0.1) is 0 Å². The third-order valence-electron chi connectivity index (χ3n) is 29.0. The van der Waals surface area contributed by atoms with Gasteiger partial charge in [-0.2, -0.15) is 0 Å². The molecule has 0 atom stereocenters. The van der Waals surface area contributed by atoms with Gasteiger partial charge in [0, 0.05) is 156 Å². The molecule has 1 aliphatic carbocycles. The molecule has 0 N–H and O–H groups in total. The summed E-state index contributed by atoms with van der Waals surface area (Å²) in [5.41, 5.74) is 29.8. The van der Waals surface area contributed by atoms with Crippen molar-refractivity contribution in [2.75, 3.05) is 0 Å². The molecule has 143 heavy (non-hydrogen) atoms. The molecule has 0 radical (unpaired) electrons. The highest BCUT2D eigenvalue weighted by Gasteiger charge is 2.39. The second kappa shape index (κ2) is 32.6. The molecule has 0 fully saturated rings. The van der Waals surface area contributed by atoms with Crippen LogP contribution in [-0.4, -0.2) is 48.2 Å². The van der Waals surface area contributed by atoms with E-state index < -0.39 is 0 Å². The van der Waals surface area contributed by atoms with Gasteiger partial charge in [-0.15, -0.1) is 34.0 Å². The quantitative estimate of drug-likeness (QED) is 0.134. The summed E-state index contributed by atoms with van der Waals surface area (Å²) in [5, 5.41) is 18.9. The maximum Gasteiger partial charge on any atom is 0.163 e. The van der Waals surface area contributed by atoms with E-state index in [1.165, 1.54) is 118 Å². The van der Waals surface area contributed by atoms with Crippen LogP contribution in [0.15, 0.2) is 453 Å². The number of hydrogen-bond donors (Lipinski definition) is 0. The number of thiophene rings is 3. The molecule has 11 aromatic heterocycles. The van der Waals surface area contributed by atoms with Crippen molar-refractivity contribution in [2.24, 2.45) is 0 Å². The summed E-state index contributed by atoms with van der Waals surface area (Å²) in [7, 11) is 0. The minimum atomic E-state index is -0.144. The van der Waals surface area contributed by atoms with E-state index in [-0.39, 0.29) is 5.41 Å². The zero-order valence-electron chi connectivity index (χ0n) is 77.3. The number of fused-ring (bicyclic) bond motifs is 30. The molecule has 11 heterocycles. The van der Waals surface area contributed by atoms with Crippen LogP contribution in [-0.2, 0) is 5.41 Å². The molecular weight excluding hydrogens is 1800 g/mol. The topological polar surface area (TPSA) is 110 Å². The molecule has 0 bridgehead atoms. The Morgan fingerprint density at radius 1 is 0.231 bits per heavy atom. The molecule has 14 heteroatoms. The highest BCUT2D eigenvalue weighted by molar-refractivity contribution is 7.26. The first-order valence-corrected chi connectivity index (χ1v) is 50.7.